The van der Waals surface area contributed by atoms with Crippen molar-refractivity contribution in [3.05, 3.63) is 59.8 Å². The number of aromatic nitrogens is 3. The predicted molar refractivity (Wildman–Crippen MR) is 71.0 cm³/mol. The van der Waals surface area contributed by atoms with E-state index in [-0.39, 0.29) is 11.6 Å². The van der Waals surface area contributed by atoms with Crippen molar-refractivity contribution in [3.63, 3.8) is 0 Å². The molecule has 0 spiro atoms. The topological polar surface area (TPSA) is 64.7 Å². The van der Waals surface area contributed by atoms with E-state index in [1.54, 1.807) is 0 Å². The lowest BCUT2D eigenvalue weighted by atomic mass is 10.1. The molecule has 0 saturated heterocycles. The smallest absolute Gasteiger partial charge is 0.220 e. The number of rotatable bonds is 2. The molecular weight excluding hydrogens is 243 g/mol. The Morgan fingerprint density at radius 2 is 1.89 bits per heavy atom. The number of para-hydroxylation sites is 1. The third-order valence-corrected chi connectivity index (χ3v) is 2.84. The van der Waals surface area contributed by atoms with Crippen LogP contribution in [0, 0.1) is 5.82 Å². The summed E-state index contributed by atoms with van der Waals surface area (Å²) in [4.78, 5) is 12.0. The van der Waals surface area contributed by atoms with Crippen molar-refractivity contribution in [1.82, 2.24) is 15.0 Å². The van der Waals surface area contributed by atoms with Crippen molar-refractivity contribution in [1.29, 1.82) is 0 Å². The molecule has 3 rings (SSSR count). The van der Waals surface area contributed by atoms with Crippen molar-refractivity contribution >= 4 is 16.9 Å². The van der Waals surface area contributed by atoms with Crippen LogP contribution in [0.15, 0.2) is 42.6 Å². The number of hydrogen-bond acceptors (Lipinski definition) is 4. The Morgan fingerprint density at radius 1 is 1.05 bits per heavy atom. The highest BCUT2D eigenvalue weighted by molar-refractivity contribution is 5.78. The van der Waals surface area contributed by atoms with Gasteiger partial charge < -0.3 is 5.73 Å². The summed E-state index contributed by atoms with van der Waals surface area (Å²) in [5.41, 5.74) is 7.35. The van der Waals surface area contributed by atoms with Crippen LogP contribution < -0.4 is 5.73 Å². The van der Waals surface area contributed by atoms with Crippen molar-refractivity contribution in [2.45, 2.75) is 6.42 Å². The first kappa shape index (κ1) is 11.5. The van der Waals surface area contributed by atoms with Crippen LogP contribution >= 0.6 is 0 Å². The van der Waals surface area contributed by atoms with Gasteiger partial charge in [0.15, 0.2) is 5.82 Å². The van der Waals surface area contributed by atoms with E-state index in [0.717, 1.165) is 22.8 Å². The maximum Gasteiger partial charge on any atom is 0.220 e. The summed E-state index contributed by atoms with van der Waals surface area (Å²) in [6.07, 6.45) is 1.38. The highest BCUT2D eigenvalue weighted by Crippen LogP contribution is 2.15. The summed E-state index contributed by atoms with van der Waals surface area (Å²) in [5.74, 6) is -0.402. The third kappa shape index (κ3) is 2.35. The quantitative estimate of drug-likeness (QED) is 0.762. The molecule has 0 fully saturated rings. The average Bonchev–Trinajstić information content (AvgIpc) is 2.43. The Labute approximate surface area is 109 Å². The molecule has 0 saturated carbocycles. The van der Waals surface area contributed by atoms with Crippen LogP contribution in [0.4, 0.5) is 10.3 Å². The van der Waals surface area contributed by atoms with Gasteiger partial charge in [-0.1, -0.05) is 24.3 Å². The second-order valence-electron chi connectivity index (χ2n) is 4.19. The monoisotopic (exact) mass is 254 g/mol. The van der Waals surface area contributed by atoms with Gasteiger partial charge in [-0.15, -0.1) is 0 Å². The molecule has 0 aliphatic heterocycles. The maximum absolute atomic E-state index is 13.6. The molecule has 2 heterocycles. The van der Waals surface area contributed by atoms with Crippen molar-refractivity contribution in [2.75, 3.05) is 5.73 Å². The SMILES string of the molecule is Nc1ncc(F)c(Cc2ccc3ccccc3n2)n1. The maximum atomic E-state index is 13.6. The van der Waals surface area contributed by atoms with Crippen LogP contribution in [0.25, 0.3) is 10.9 Å². The van der Waals surface area contributed by atoms with E-state index in [9.17, 15) is 4.39 Å². The van der Waals surface area contributed by atoms with E-state index in [2.05, 4.69) is 15.0 Å². The zero-order valence-electron chi connectivity index (χ0n) is 10.0. The van der Waals surface area contributed by atoms with Gasteiger partial charge in [0.1, 0.15) is 0 Å². The molecule has 94 valence electrons. The molecule has 0 unspecified atom stereocenters. The number of benzene rings is 1. The highest BCUT2D eigenvalue weighted by atomic mass is 19.1. The van der Waals surface area contributed by atoms with Gasteiger partial charge in [0.25, 0.3) is 0 Å². The number of nitrogens with two attached hydrogens (primary N) is 1. The molecule has 5 heteroatoms. The standard InChI is InChI=1S/C14H11FN4/c15-11-8-17-14(16)19-13(11)7-10-6-5-9-3-1-2-4-12(9)18-10/h1-6,8H,7H2,(H2,16,17,19). The molecule has 0 radical (unpaired) electrons. The summed E-state index contributed by atoms with van der Waals surface area (Å²) in [6.45, 7) is 0. The van der Waals surface area contributed by atoms with Gasteiger partial charge in [-0.25, -0.2) is 14.4 Å². The molecule has 19 heavy (non-hydrogen) atoms. The molecule has 0 bridgehead atoms. The molecule has 2 N–H and O–H groups in total. The summed E-state index contributed by atoms with van der Waals surface area (Å²) < 4.78 is 13.6. The van der Waals surface area contributed by atoms with E-state index >= 15 is 0 Å². The van der Waals surface area contributed by atoms with Gasteiger partial charge in [0, 0.05) is 17.5 Å². The van der Waals surface area contributed by atoms with E-state index < -0.39 is 5.82 Å². The van der Waals surface area contributed by atoms with Gasteiger partial charge in [-0.3, -0.25) is 4.98 Å². The van der Waals surface area contributed by atoms with E-state index in [4.69, 9.17) is 5.73 Å². The number of hydrogen-bond donors (Lipinski definition) is 1. The minimum atomic E-state index is -0.468. The fourth-order valence-corrected chi connectivity index (χ4v) is 1.92. The van der Waals surface area contributed by atoms with Gasteiger partial charge in [0.2, 0.25) is 5.95 Å². The van der Waals surface area contributed by atoms with Crippen LogP contribution in [0.2, 0.25) is 0 Å². The molecule has 0 aliphatic carbocycles. The Hall–Kier alpha value is -2.56. The van der Waals surface area contributed by atoms with Gasteiger partial charge >= 0.3 is 0 Å². The molecular formula is C14H11FN4. The Kier molecular flexibility index (Phi) is 2.79. The lowest BCUT2D eigenvalue weighted by Gasteiger charge is -2.04. The first-order valence-electron chi connectivity index (χ1n) is 5.84. The largest absolute Gasteiger partial charge is 0.368 e. The van der Waals surface area contributed by atoms with E-state index in [1.165, 1.54) is 0 Å². The van der Waals surface area contributed by atoms with Crippen LogP contribution in [0.3, 0.4) is 0 Å². The Balaban J connectivity index is 1.98. The second kappa shape index (κ2) is 4.61. The minimum absolute atomic E-state index is 0.0668. The minimum Gasteiger partial charge on any atom is -0.368 e. The van der Waals surface area contributed by atoms with Crippen molar-refractivity contribution < 1.29 is 4.39 Å². The normalized spacial score (nSPS) is 10.8. The number of nitrogen functional groups attached to an aromatic ring is 1. The van der Waals surface area contributed by atoms with Crippen LogP contribution in [-0.2, 0) is 6.42 Å². The number of fused-ring (bicyclic) bond motifs is 1. The molecule has 0 aliphatic rings. The van der Waals surface area contributed by atoms with Crippen LogP contribution in [0.1, 0.15) is 11.4 Å². The number of pyridine rings is 1. The van der Waals surface area contributed by atoms with Gasteiger partial charge in [-0.2, -0.15) is 0 Å². The summed E-state index contributed by atoms with van der Waals surface area (Å²) in [6, 6.07) is 11.6. The average molecular weight is 254 g/mol. The van der Waals surface area contributed by atoms with E-state index in [1.807, 2.05) is 36.4 Å². The van der Waals surface area contributed by atoms with Crippen molar-refractivity contribution in [2.24, 2.45) is 0 Å². The fourth-order valence-electron chi connectivity index (χ4n) is 1.92. The number of nitrogens with zero attached hydrogens (tertiary/aromatic N) is 3. The number of halogens is 1. The van der Waals surface area contributed by atoms with Gasteiger partial charge in [-0.05, 0) is 12.1 Å². The molecule has 4 nitrogen and oxygen atoms in total. The predicted octanol–water partition coefficient (Wildman–Crippen LogP) is 2.34. The molecule has 3 aromatic rings. The summed E-state index contributed by atoms with van der Waals surface area (Å²) >= 11 is 0. The Morgan fingerprint density at radius 3 is 2.79 bits per heavy atom. The molecule has 1 aromatic carbocycles. The fraction of sp³-hybridized carbons (Fsp3) is 0.0714. The van der Waals surface area contributed by atoms with Crippen LogP contribution in [0.5, 0.6) is 0 Å². The number of anilines is 1. The second-order valence-corrected chi connectivity index (χ2v) is 4.19. The molecule has 0 atom stereocenters. The molecule has 0 amide bonds. The lowest BCUT2D eigenvalue weighted by molar-refractivity contribution is 0.596. The van der Waals surface area contributed by atoms with Crippen LogP contribution in [-0.4, -0.2) is 15.0 Å². The Bertz CT molecular complexity index is 742. The van der Waals surface area contributed by atoms with E-state index in [0.29, 0.717) is 6.42 Å². The summed E-state index contributed by atoms with van der Waals surface area (Å²) in [7, 11) is 0. The zero-order chi connectivity index (χ0) is 13.2. The first-order valence-corrected chi connectivity index (χ1v) is 5.84. The molecule has 2 aromatic heterocycles. The first-order chi connectivity index (χ1) is 9.22. The lowest BCUT2D eigenvalue weighted by Crippen LogP contribution is -2.04. The third-order valence-electron chi connectivity index (χ3n) is 2.84. The van der Waals surface area contributed by atoms with Gasteiger partial charge in [0.05, 0.1) is 17.4 Å². The highest BCUT2D eigenvalue weighted by Gasteiger charge is 2.08. The zero-order valence-corrected chi connectivity index (χ0v) is 10.0. The van der Waals surface area contributed by atoms with Crippen molar-refractivity contribution in [3.8, 4) is 0 Å². The summed E-state index contributed by atoms with van der Waals surface area (Å²) in [5, 5.41) is 1.05.